The number of hydrogen-bond acceptors (Lipinski definition) is 4. The summed E-state index contributed by atoms with van der Waals surface area (Å²) >= 11 is 1.70. The Morgan fingerprint density at radius 1 is 1.47 bits per heavy atom. The second-order valence-corrected chi connectivity index (χ2v) is 4.75. The zero-order valence-corrected chi connectivity index (χ0v) is 9.52. The fourth-order valence-electron chi connectivity index (χ4n) is 1.77. The van der Waals surface area contributed by atoms with Crippen molar-refractivity contribution in [3.63, 3.8) is 0 Å². The van der Waals surface area contributed by atoms with Crippen molar-refractivity contribution in [3.8, 4) is 6.07 Å². The third-order valence-electron chi connectivity index (χ3n) is 2.67. The van der Waals surface area contributed by atoms with Crippen LogP contribution in [-0.2, 0) is 6.42 Å². The van der Waals surface area contributed by atoms with Gasteiger partial charge in [0.15, 0.2) is 0 Å². The standard InChI is InChI=1S/C11H15N3S/c12-8-10-7-11(15-9-10)1-4-14-5-2-13-3-6-14/h7,9,13H,1-6H2. The van der Waals surface area contributed by atoms with Crippen molar-refractivity contribution in [2.75, 3.05) is 32.7 Å². The summed E-state index contributed by atoms with van der Waals surface area (Å²) in [5.74, 6) is 0. The second kappa shape index (κ2) is 5.26. The molecule has 1 fully saturated rings. The van der Waals surface area contributed by atoms with E-state index in [4.69, 9.17) is 5.26 Å². The predicted octanol–water partition coefficient (Wildman–Crippen LogP) is 1.07. The molecule has 0 aliphatic carbocycles. The highest BCUT2D eigenvalue weighted by Gasteiger charge is 2.09. The monoisotopic (exact) mass is 221 g/mol. The van der Waals surface area contributed by atoms with Gasteiger partial charge in [0.1, 0.15) is 0 Å². The number of thiophene rings is 1. The molecule has 0 radical (unpaired) electrons. The molecule has 2 rings (SSSR count). The SMILES string of the molecule is N#Cc1csc(CCN2CCNCC2)c1. The molecule has 0 aromatic carbocycles. The third kappa shape index (κ3) is 3.03. The molecule has 2 heterocycles. The van der Waals surface area contributed by atoms with Crippen molar-refractivity contribution >= 4 is 11.3 Å². The Morgan fingerprint density at radius 3 is 2.93 bits per heavy atom. The molecule has 80 valence electrons. The molecule has 0 amide bonds. The summed E-state index contributed by atoms with van der Waals surface area (Å²) in [7, 11) is 0. The van der Waals surface area contributed by atoms with E-state index in [0.29, 0.717) is 0 Å². The molecule has 1 aromatic rings. The lowest BCUT2D eigenvalue weighted by molar-refractivity contribution is 0.244. The fraction of sp³-hybridized carbons (Fsp3) is 0.545. The summed E-state index contributed by atoms with van der Waals surface area (Å²) in [4.78, 5) is 3.80. The summed E-state index contributed by atoms with van der Waals surface area (Å²) in [6.45, 7) is 5.63. The van der Waals surface area contributed by atoms with E-state index >= 15 is 0 Å². The van der Waals surface area contributed by atoms with Crippen molar-refractivity contribution in [2.45, 2.75) is 6.42 Å². The first-order valence-electron chi connectivity index (χ1n) is 5.29. The zero-order chi connectivity index (χ0) is 10.5. The van der Waals surface area contributed by atoms with Gasteiger partial charge >= 0.3 is 0 Å². The van der Waals surface area contributed by atoms with E-state index < -0.39 is 0 Å². The first-order valence-corrected chi connectivity index (χ1v) is 6.17. The molecule has 1 N–H and O–H groups in total. The van der Waals surface area contributed by atoms with Gasteiger partial charge in [-0.3, -0.25) is 0 Å². The number of nitriles is 1. The first kappa shape index (κ1) is 10.6. The van der Waals surface area contributed by atoms with Gasteiger partial charge in [-0.1, -0.05) is 0 Å². The van der Waals surface area contributed by atoms with Crippen LogP contribution in [0.2, 0.25) is 0 Å². The topological polar surface area (TPSA) is 39.1 Å². The zero-order valence-electron chi connectivity index (χ0n) is 8.70. The maximum Gasteiger partial charge on any atom is 0.1000 e. The Hall–Kier alpha value is -0.890. The molecule has 1 aromatic heterocycles. The normalized spacial score (nSPS) is 17.5. The minimum Gasteiger partial charge on any atom is -0.314 e. The maximum atomic E-state index is 8.71. The van der Waals surface area contributed by atoms with Crippen molar-refractivity contribution in [3.05, 3.63) is 21.9 Å². The molecule has 0 atom stereocenters. The second-order valence-electron chi connectivity index (χ2n) is 3.76. The van der Waals surface area contributed by atoms with Gasteiger partial charge in [-0.05, 0) is 12.5 Å². The molecule has 3 nitrogen and oxygen atoms in total. The lowest BCUT2D eigenvalue weighted by Crippen LogP contribution is -2.44. The summed E-state index contributed by atoms with van der Waals surface area (Å²) in [6.07, 6.45) is 1.08. The fourth-order valence-corrected chi connectivity index (χ4v) is 2.58. The van der Waals surface area contributed by atoms with Crippen LogP contribution in [0.15, 0.2) is 11.4 Å². The Kier molecular flexibility index (Phi) is 3.73. The predicted molar refractivity (Wildman–Crippen MR) is 62.0 cm³/mol. The Bertz CT molecular complexity index is 347. The number of nitrogens with zero attached hydrogens (tertiary/aromatic N) is 2. The average Bonchev–Trinajstić information content (AvgIpc) is 2.76. The molecule has 1 aliphatic heterocycles. The van der Waals surface area contributed by atoms with Gasteiger partial charge in [-0.2, -0.15) is 5.26 Å². The minimum atomic E-state index is 0.801. The van der Waals surface area contributed by atoms with Gasteiger partial charge in [-0.15, -0.1) is 11.3 Å². The van der Waals surface area contributed by atoms with Crippen molar-refractivity contribution in [1.29, 1.82) is 5.26 Å². The molecule has 0 bridgehead atoms. The minimum absolute atomic E-state index is 0.801. The van der Waals surface area contributed by atoms with E-state index in [1.807, 2.05) is 11.4 Å². The van der Waals surface area contributed by atoms with Gasteiger partial charge in [0.25, 0.3) is 0 Å². The summed E-state index contributed by atoms with van der Waals surface area (Å²) in [5, 5.41) is 14.0. The van der Waals surface area contributed by atoms with E-state index in [9.17, 15) is 0 Å². The van der Waals surface area contributed by atoms with Crippen LogP contribution in [0.1, 0.15) is 10.4 Å². The molecule has 0 spiro atoms. The maximum absolute atomic E-state index is 8.71. The Morgan fingerprint density at radius 2 is 2.27 bits per heavy atom. The van der Waals surface area contributed by atoms with Crippen LogP contribution in [0, 0.1) is 11.3 Å². The lowest BCUT2D eigenvalue weighted by Gasteiger charge is -2.26. The molecule has 15 heavy (non-hydrogen) atoms. The van der Waals surface area contributed by atoms with Gasteiger partial charge in [-0.25, -0.2) is 0 Å². The largest absolute Gasteiger partial charge is 0.314 e. The van der Waals surface area contributed by atoms with Gasteiger partial charge in [0, 0.05) is 43.0 Å². The Labute approximate surface area is 94.3 Å². The molecule has 0 unspecified atom stereocenters. The van der Waals surface area contributed by atoms with Crippen LogP contribution in [0.5, 0.6) is 0 Å². The third-order valence-corrected chi connectivity index (χ3v) is 3.66. The van der Waals surface area contributed by atoms with E-state index in [0.717, 1.165) is 44.7 Å². The van der Waals surface area contributed by atoms with Crippen LogP contribution < -0.4 is 5.32 Å². The van der Waals surface area contributed by atoms with Crippen LogP contribution in [-0.4, -0.2) is 37.6 Å². The molecule has 4 heteroatoms. The first-order chi connectivity index (χ1) is 7.38. The molecule has 0 saturated carbocycles. The molecular formula is C11H15N3S. The Balaban J connectivity index is 1.79. The molecule has 1 saturated heterocycles. The van der Waals surface area contributed by atoms with Crippen molar-refractivity contribution < 1.29 is 0 Å². The summed E-state index contributed by atoms with van der Waals surface area (Å²) in [5.41, 5.74) is 0.801. The number of nitrogens with one attached hydrogen (secondary N) is 1. The van der Waals surface area contributed by atoms with E-state index in [1.54, 1.807) is 11.3 Å². The van der Waals surface area contributed by atoms with Crippen LogP contribution in [0.25, 0.3) is 0 Å². The van der Waals surface area contributed by atoms with Crippen molar-refractivity contribution in [1.82, 2.24) is 10.2 Å². The highest BCUT2D eigenvalue weighted by atomic mass is 32.1. The van der Waals surface area contributed by atoms with E-state index in [2.05, 4.69) is 16.3 Å². The van der Waals surface area contributed by atoms with Gasteiger partial charge < -0.3 is 10.2 Å². The quantitative estimate of drug-likeness (QED) is 0.830. The van der Waals surface area contributed by atoms with Gasteiger partial charge in [0.2, 0.25) is 0 Å². The highest BCUT2D eigenvalue weighted by Crippen LogP contribution is 2.14. The summed E-state index contributed by atoms with van der Waals surface area (Å²) < 4.78 is 0. The van der Waals surface area contributed by atoms with Crippen LogP contribution >= 0.6 is 11.3 Å². The molecule has 1 aliphatic rings. The van der Waals surface area contributed by atoms with Crippen LogP contribution in [0.3, 0.4) is 0 Å². The number of rotatable bonds is 3. The number of piperazine rings is 1. The van der Waals surface area contributed by atoms with E-state index in [-0.39, 0.29) is 0 Å². The van der Waals surface area contributed by atoms with Crippen molar-refractivity contribution in [2.24, 2.45) is 0 Å². The van der Waals surface area contributed by atoms with Gasteiger partial charge in [0.05, 0.1) is 11.6 Å². The van der Waals surface area contributed by atoms with E-state index in [1.165, 1.54) is 4.88 Å². The smallest absolute Gasteiger partial charge is 0.1000 e. The average molecular weight is 221 g/mol. The summed E-state index contributed by atoms with van der Waals surface area (Å²) in [6, 6.07) is 4.18. The van der Waals surface area contributed by atoms with Crippen LogP contribution in [0.4, 0.5) is 0 Å². The lowest BCUT2D eigenvalue weighted by atomic mass is 10.2. The highest BCUT2D eigenvalue weighted by molar-refractivity contribution is 7.10. The molecular weight excluding hydrogens is 206 g/mol. The number of hydrogen-bond donors (Lipinski definition) is 1.